The number of carbonyl (C=O) groups is 2. The third-order valence-electron chi connectivity index (χ3n) is 1.19. The lowest BCUT2D eigenvalue weighted by molar-refractivity contribution is 0.0817. The van der Waals surface area contributed by atoms with Crippen molar-refractivity contribution in [3.05, 3.63) is 29.6 Å². The number of hydrogen-bond donors (Lipinski definition) is 0. The van der Waals surface area contributed by atoms with Gasteiger partial charge in [-0.15, -0.1) is 0 Å². The standard InChI is InChI=1S/C7H3F2NO2/c8-6(11)4-1-2-5(7(9)12)10-3-4/h1-3H. The van der Waals surface area contributed by atoms with E-state index in [0.29, 0.717) is 0 Å². The maximum Gasteiger partial charge on any atom is 0.350 e. The van der Waals surface area contributed by atoms with Crippen molar-refractivity contribution in [3.63, 3.8) is 0 Å². The van der Waals surface area contributed by atoms with E-state index < -0.39 is 17.8 Å². The smallest absolute Gasteiger partial charge is 0.255 e. The summed E-state index contributed by atoms with van der Waals surface area (Å²) >= 11 is 0. The zero-order chi connectivity index (χ0) is 9.14. The summed E-state index contributed by atoms with van der Waals surface area (Å²) < 4.78 is 23.8. The number of carbonyl (C=O) groups excluding carboxylic acids is 2. The van der Waals surface area contributed by atoms with Crippen molar-refractivity contribution in [1.82, 2.24) is 4.98 Å². The van der Waals surface area contributed by atoms with E-state index in [0.717, 1.165) is 18.3 Å². The molecule has 62 valence electrons. The third-order valence-corrected chi connectivity index (χ3v) is 1.19. The molecule has 1 aromatic heterocycles. The summed E-state index contributed by atoms with van der Waals surface area (Å²) in [6.07, 6.45) is 0.801. The number of halogens is 2. The first-order chi connectivity index (χ1) is 5.61. The summed E-state index contributed by atoms with van der Waals surface area (Å²) in [4.78, 5) is 23.3. The molecular formula is C7H3F2NO2. The minimum atomic E-state index is -1.71. The molecule has 0 amide bonds. The molecule has 0 saturated heterocycles. The Kier molecular flexibility index (Phi) is 2.23. The lowest BCUT2D eigenvalue weighted by Gasteiger charge is -1.92. The van der Waals surface area contributed by atoms with Crippen LogP contribution in [0.25, 0.3) is 0 Å². The van der Waals surface area contributed by atoms with E-state index in [1.807, 2.05) is 0 Å². The Hall–Kier alpha value is -1.65. The van der Waals surface area contributed by atoms with Crippen molar-refractivity contribution in [2.45, 2.75) is 0 Å². The summed E-state index contributed by atoms with van der Waals surface area (Å²) in [7, 11) is 0. The first-order valence-electron chi connectivity index (χ1n) is 2.97. The van der Waals surface area contributed by atoms with Crippen molar-refractivity contribution < 1.29 is 18.4 Å². The molecular weight excluding hydrogens is 168 g/mol. The maximum atomic E-state index is 11.9. The predicted molar refractivity (Wildman–Crippen MR) is 35.1 cm³/mol. The van der Waals surface area contributed by atoms with Crippen molar-refractivity contribution in [2.24, 2.45) is 0 Å². The molecule has 1 rings (SSSR count). The van der Waals surface area contributed by atoms with E-state index in [1.165, 1.54) is 0 Å². The molecule has 1 heterocycles. The van der Waals surface area contributed by atoms with Gasteiger partial charge in [0.2, 0.25) is 0 Å². The third kappa shape index (κ3) is 1.69. The molecule has 3 nitrogen and oxygen atoms in total. The van der Waals surface area contributed by atoms with Crippen LogP contribution in [0.2, 0.25) is 0 Å². The van der Waals surface area contributed by atoms with Gasteiger partial charge in [-0.05, 0) is 12.1 Å². The van der Waals surface area contributed by atoms with Crippen LogP contribution in [0.4, 0.5) is 8.78 Å². The van der Waals surface area contributed by atoms with Crippen LogP contribution in [0, 0.1) is 0 Å². The Labute approximate surface area is 66.0 Å². The average molecular weight is 171 g/mol. The molecule has 0 bridgehead atoms. The highest BCUT2D eigenvalue weighted by molar-refractivity contribution is 5.90. The lowest BCUT2D eigenvalue weighted by atomic mass is 10.2. The molecule has 0 spiro atoms. The normalized spacial score (nSPS) is 9.50. The topological polar surface area (TPSA) is 47.0 Å². The van der Waals surface area contributed by atoms with Gasteiger partial charge < -0.3 is 0 Å². The zero-order valence-electron chi connectivity index (χ0n) is 5.75. The van der Waals surface area contributed by atoms with Crippen LogP contribution < -0.4 is 0 Å². The van der Waals surface area contributed by atoms with Crippen LogP contribution in [0.15, 0.2) is 18.3 Å². The van der Waals surface area contributed by atoms with Gasteiger partial charge in [0.05, 0.1) is 5.56 Å². The second-order valence-corrected chi connectivity index (χ2v) is 1.98. The van der Waals surface area contributed by atoms with E-state index in [2.05, 4.69) is 4.98 Å². The molecule has 0 fully saturated rings. The quantitative estimate of drug-likeness (QED) is 0.630. The summed E-state index contributed by atoms with van der Waals surface area (Å²) in [5.41, 5.74) is -0.750. The molecule has 0 saturated carbocycles. The number of aromatic nitrogens is 1. The number of rotatable bonds is 2. The summed E-state index contributed by atoms with van der Waals surface area (Å²) in [6.45, 7) is 0. The Morgan fingerprint density at radius 3 is 2.17 bits per heavy atom. The van der Waals surface area contributed by atoms with Gasteiger partial charge in [-0.3, -0.25) is 9.59 Å². The Balaban J connectivity index is 3.01. The van der Waals surface area contributed by atoms with Gasteiger partial charge in [0.25, 0.3) is 0 Å². The predicted octanol–water partition coefficient (Wildman–Crippen LogP) is 1.30. The molecule has 0 N–H and O–H groups in total. The first kappa shape index (κ1) is 8.45. The van der Waals surface area contributed by atoms with E-state index >= 15 is 0 Å². The van der Waals surface area contributed by atoms with E-state index in [-0.39, 0.29) is 5.56 Å². The van der Waals surface area contributed by atoms with Crippen LogP contribution in [0.5, 0.6) is 0 Å². The van der Waals surface area contributed by atoms with Gasteiger partial charge in [0.15, 0.2) is 0 Å². The number of nitrogens with zero attached hydrogens (tertiary/aromatic N) is 1. The second-order valence-electron chi connectivity index (χ2n) is 1.98. The fourth-order valence-corrected chi connectivity index (χ4v) is 0.626. The Morgan fingerprint density at radius 1 is 1.17 bits per heavy atom. The number of pyridine rings is 1. The van der Waals surface area contributed by atoms with Crippen LogP contribution in [0.3, 0.4) is 0 Å². The molecule has 0 aliphatic heterocycles. The lowest BCUT2D eigenvalue weighted by Crippen LogP contribution is -1.97. The van der Waals surface area contributed by atoms with Gasteiger partial charge in [-0.1, -0.05) is 0 Å². The van der Waals surface area contributed by atoms with Gasteiger partial charge in [-0.25, -0.2) is 4.98 Å². The Morgan fingerprint density at radius 2 is 1.83 bits per heavy atom. The summed E-state index contributed by atoms with van der Waals surface area (Å²) in [5.74, 6) is 0. The fraction of sp³-hybridized carbons (Fsp3) is 0. The molecule has 0 unspecified atom stereocenters. The van der Waals surface area contributed by atoms with E-state index in [4.69, 9.17) is 0 Å². The van der Waals surface area contributed by atoms with Gasteiger partial charge in [0, 0.05) is 6.20 Å². The van der Waals surface area contributed by atoms with Crippen LogP contribution >= 0.6 is 0 Å². The molecule has 0 aliphatic carbocycles. The minimum absolute atomic E-state index is 0.306. The molecule has 0 aromatic carbocycles. The van der Waals surface area contributed by atoms with E-state index in [1.54, 1.807) is 0 Å². The molecule has 5 heteroatoms. The number of hydrogen-bond acceptors (Lipinski definition) is 3. The molecule has 12 heavy (non-hydrogen) atoms. The largest absolute Gasteiger partial charge is 0.350 e. The SMILES string of the molecule is O=C(F)c1ccc(C(=O)F)nc1. The summed E-state index contributed by atoms with van der Waals surface area (Å²) in [5, 5.41) is 0. The van der Waals surface area contributed by atoms with Crippen molar-refractivity contribution in [2.75, 3.05) is 0 Å². The maximum absolute atomic E-state index is 11.9. The van der Waals surface area contributed by atoms with Crippen molar-refractivity contribution in [3.8, 4) is 0 Å². The average Bonchev–Trinajstić information content (AvgIpc) is 2.04. The van der Waals surface area contributed by atoms with Gasteiger partial charge in [0.1, 0.15) is 5.69 Å². The minimum Gasteiger partial charge on any atom is -0.255 e. The second kappa shape index (κ2) is 3.17. The highest BCUT2D eigenvalue weighted by Gasteiger charge is 2.07. The fourth-order valence-electron chi connectivity index (χ4n) is 0.626. The molecule has 0 atom stereocenters. The highest BCUT2D eigenvalue weighted by Crippen LogP contribution is 2.02. The first-order valence-corrected chi connectivity index (χ1v) is 2.97. The molecule has 0 radical (unpaired) electrons. The van der Waals surface area contributed by atoms with E-state index in [9.17, 15) is 18.4 Å². The van der Waals surface area contributed by atoms with Gasteiger partial charge in [-0.2, -0.15) is 8.78 Å². The van der Waals surface area contributed by atoms with Crippen LogP contribution in [-0.2, 0) is 0 Å². The van der Waals surface area contributed by atoms with Crippen LogP contribution in [0.1, 0.15) is 20.8 Å². The monoisotopic (exact) mass is 171 g/mol. The molecule has 1 aromatic rings. The van der Waals surface area contributed by atoms with Gasteiger partial charge >= 0.3 is 12.1 Å². The molecule has 0 aliphatic rings. The highest BCUT2D eigenvalue weighted by atomic mass is 19.1. The van der Waals surface area contributed by atoms with Crippen LogP contribution in [-0.4, -0.2) is 17.1 Å². The Bertz CT molecular complexity index is 288. The van der Waals surface area contributed by atoms with Crippen molar-refractivity contribution >= 4 is 12.1 Å². The zero-order valence-corrected chi connectivity index (χ0v) is 5.75. The summed E-state index contributed by atoms with van der Waals surface area (Å²) in [6, 6.07) is -1.45. The van der Waals surface area contributed by atoms with Crippen molar-refractivity contribution in [1.29, 1.82) is 0 Å².